The van der Waals surface area contributed by atoms with Crippen molar-refractivity contribution in [3.63, 3.8) is 0 Å². The zero-order valence-electron chi connectivity index (χ0n) is 16.4. The predicted molar refractivity (Wildman–Crippen MR) is 102 cm³/mol. The molecule has 7 nitrogen and oxygen atoms in total. The second-order valence-corrected chi connectivity index (χ2v) is 6.93. The van der Waals surface area contributed by atoms with Crippen molar-refractivity contribution in [1.82, 2.24) is 29.7 Å². The van der Waals surface area contributed by atoms with Crippen LogP contribution >= 0.6 is 0 Å². The van der Waals surface area contributed by atoms with Gasteiger partial charge in [-0.2, -0.15) is 23.4 Å². The van der Waals surface area contributed by atoms with Crippen LogP contribution in [0.4, 0.5) is 17.6 Å². The molecule has 3 aromatic heterocycles. The number of aromatic nitrogens is 5. The summed E-state index contributed by atoms with van der Waals surface area (Å²) in [6.45, 7) is 1.93. The van der Waals surface area contributed by atoms with Gasteiger partial charge in [-0.3, -0.25) is 9.48 Å². The minimum absolute atomic E-state index is 0.0160. The average molecular weight is 432 g/mol. The molecule has 0 aliphatic carbocycles. The van der Waals surface area contributed by atoms with E-state index in [2.05, 4.69) is 20.5 Å². The smallest absolute Gasteiger partial charge is 0.346 e. The lowest BCUT2D eigenvalue weighted by molar-refractivity contribution is -0.142. The van der Waals surface area contributed by atoms with Crippen molar-refractivity contribution in [3.8, 4) is 11.3 Å². The van der Waals surface area contributed by atoms with E-state index in [1.54, 1.807) is 24.9 Å². The molecule has 4 rings (SSSR count). The van der Waals surface area contributed by atoms with E-state index in [4.69, 9.17) is 0 Å². The van der Waals surface area contributed by atoms with Crippen LogP contribution in [0.3, 0.4) is 0 Å². The molecule has 0 saturated carbocycles. The molecule has 31 heavy (non-hydrogen) atoms. The topological polar surface area (TPSA) is 77.1 Å². The number of halogens is 4. The highest BCUT2D eigenvalue weighted by molar-refractivity contribution is 5.93. The molecule has 0 fully saturated rings. The number of hydrogen-bond donors (Lipinski definition) is 1. The van der Waals surface area contributed by atoms with Crippen LogP contribution in [-0.4, -0.2) is 30.3 Å². The molecule has 160 valence electrons. The van der Waals surface area contributed by atoms with E-state index in [1.165, 1.54) is 18.2 Å². The summed E-state index contributed by atoms with van der Waals surface area (Å²) in [6.07, 6.45) is -3.01. The Labute approximate surface area is 173 Å². The van der Waals surface area contributed by atoms with Gasteiger partial charge in [-0.05, 0) is 37.3 Å². The van der Waals surface area contributed by atoms with Gasteiger partial charge in [-0.15, -0.1) is 0 Å². The van der Waals surface area contributed by atoms with E-state index in [1.807, 2.05) is 0 Å². The monoisotopic (exact) mass is 432 g/mol. The van der Waals surface area contributed by atoms with Crippen molar-refractivity contribution < 1.29 is 22.4 Å². The maximum Gasteiger partial charge on any atom is 0.433 e. The molecule has 0 aliphatic heterocycles. The molecule has 1 amide bonds. The van der Waals surface area contributed by atoms with Crippen molar-refractivity contribution in [2.45, 2.75) is 19.6 Å². The molecule has 0 spiro atoms. The first-order valence-electron chi connectivity index (χ1n) is 9.13. The minimum atomic E-state index is -4.75. The van der Waals surface area contributed by atoms with Gasteiger partial charge in [0.1, 0.15) is 5.82 Å². The lowest BCUT2D eigenvalue weighted by Crippen LogP contribution is -2.23. The Morgan fingerprint density at radius 2 is 1.84 bits per heavy atom. The number of rotatable bonds is 4. The Morgan fingerprint density at radius 1 is 1.13 bits per heavy atom. The third-order valence-electron chi connectivity index (χ3n) is 4.64. The Balaban J connectivity index is 1.70. The number of alkyl halides is 3. The van der Waals surface area contributed by atoms with Gasteiger partial charge in [0, 0.05) is 37.0 Å². The Kier molecular flexibility index (Phi) is 4.96. The van der Waals surface area contributed by atoms with Crippen LogP contribution in [0.2, 0.25) is 0 Å². The van der Waals surface area contributed by atoms with Crippen LogP contribution < -0.4 is 5.32 Å². The maximum absolute atomic E-state index is 13.6. The standard InChI is InChI=1S/C20H16F4N6O/c1-11-13(10-29(2)27-11)9-25-19(31)16-8-18-26-15(12-3-5-14(21)6-4-12)7-17(20(22,23)24)30(18)28-16/h3-8,10H,9H2,1-2H3,(H,25,31). The molecule has 4 aromatic rings. The molecule has 1 N–H and O–H groups in total. The molecule has 0 atom stereocenters. The number of aryl methyl sites for hydroxylation is 2. The first kappa shape index (κ1) is 20.5. The van der Waals surface area contributed by atoms with E-state index < -0.39 is 23.6 Å². The second kappa shape index (κ2) is 7.49. The molecule has 0 saturated heterocycles. The summed E-state index contributed by atoms with van der Waals surface area (Å²) in [5.41, 5.74) is 0.313. The van der Waals surface area contributed by atoms with Gasteiger partial charge >= 0.3 is 6.18 Å². The van der Waals surface area contributed by atoms with Crippen molar-refractivity contribution in [2.75, 3.05) is 0 Å². The fourth-order valence-electron chi connectivity index (χ4n) is 3.14. The normalized spacial score (nSPS) is 11.8. The highest BCUT2D eigenvalue weighted by Gasteiger charge is 2.35. The first-order chi connectivity index (χ1) is 14.6. The zero-order chi connectivity index (χ0) is 22.3. The summed E-state index contributed by atoms with van der Waals surface area (Å²) >= 11 is 0. The molecular formula is C20H16F4N6O. The number of nitrogens with zero attached hydrogens (tertiary/aromatic N) is 5. The lowest BCUT2D eigenvalue weighted by atomic mass is 10.1. The number of hydrogen-bond acceptors (Lipinski definition) is 4. The lowest BCUT2D eigenvalue weighted by Gasteiger charge is -2.11. The van der Waals surface area contributed by atoms with Crippen LogP contribution in [0.25, 0.3) is 16.9 Å². The van der Waals surface area contributed by atoms with Gasteiger partial charge in [-0.1, -0.05) is 0 Å². The van der Waals surface area contributed by atoms with Gasteiger partial charge in [0.15, 0.2) is 17.0 Å². The summed E-state index contributed by atoms with van der Waals surface area (Å²) in [4.78, 5) is 16.7. The quantitative estimate of drug-likeness (QED) is 0.501. The Bertz CT molecular complexity index is 1270. The molecule has 1 aromatic carbocycles. The van der Waals surface area contributed by atoms with Crippen molar-refractivity contribution in [2.24, 2.45) is 7.05 Å². The van der Waals surface area contributed by atoms with Crippen LogP contribution in [-0.2, 0) is 19.8 Å². The highest BCUT2D eigenvalue weighted by atomic mass is 19.4. The van der Waals surface area contributed by atoms with Crippen molar-refractivity contribution in [3.05, 3.63) is 71.1 Å². The largest absolute Gasteiger partial charge is 0.433 e. The minimum Gasteiger partial charge on any atom is -0.346 e. The maximum atomic E-state index is 13.6. The third-order valence-corrected chi connectivity index (χ3v) is 4.64. The average Bonchev–Trinajstić information content (AvgIpc) is 3.27. The molecule has 11 heteroatoms. The van der Waals surface area contributed by atoms with Crippen LogP contribution in [0.1, 0.15) is 27.4 Å². The van der Waals surface area contributed by atoms with Gasteiger partial charge in [0.25, 0.3) is 5.91 Å². The van der Waals surface area contributed by atoms with Gasteiger partial charge in [0.2, 0.25) is 0 Å². The van der Waals surface area contributed by atoms with Crippen LogP contribution in [0.5, 0.6) is 0 Å². The molecule has 0 aliphatic rings. The summed E-state index contributed by atoms with van der Waals surface area (Å²) in [5.74, 6) is -1.17. The highest BCUT2D eigenvalue weighted by Crippen LogP contribution is 2.32. The molecule has 0 radical (unpaired) electrons. The summed E-state index contributed by atoms with van der Waals surface area (Å²) in [5, 5.41) is 10.6. The molecule has 0 unspecified atom stereocenters. The SMILES string of the molecule is Cc1nn(C)cc1CNC(=O)c1cc2nc(-c3ccc(F)cc3)cc(C(F)(F)F)n2n1. The Morgan fingerprint density at radius 3 is 2.45 bits per heavy atom. The van der Waals surface area contributed by atoms with E-state index in [-0.39, 0.29) is 23.6 Å². The van der Waals surface area contributed by atoms with Gasteiger partial charge in [0.05, 0.1) is 11.4 Å². The number of nitrogens with one attached hydrogen (secondary N) is 1. The van der Waals surface area contributed by atoms with Crippen LogP contribution in [0, 0.1) is 12.7 Å². The van der Waals surface area contributed by atoms with Crippen molar-refractivity contribution in [1.29, 1.82) is 0 Å². The first-order valence-corrected chi connectivity index (χ1v) is 9.13. The fraction of sp³-hybridized carbons (Fsp3) is 0.200. The Hall–Kier alpha value is -3.76. The number of carbonyl (C=O) groups excluding carboxylic acids is 1. The van der Waals surface area contributed by atoms with E-state index >= 15 is 0 Å². The van der Waals surface area contributed by atoms with Gasteiger partial charge in [-0.25, -0.2) is 13.9 Å². The van der Waals surface area contributed by atoms with E-state index in [9.17, 15) is 22.4 Å². The predicted octanol–water partition coefficient (Wildman–Crippen LogP) is 3.53. The third kappa shape index (κ3) is 4.11. The van der Waals surface area contributed by atoms with Gasteiger partial charge < -0.3 is 5.32 Å². The van der Waals surface area contributed by atoms with E-state index in [0.717, 1.165) is 29.5 Å². The van der Waals surface area contributed by atoms with E-state index in [0.29, 0.717) is 10.1 Å². The summed E-state index contributed by atoms with van der Waals surface area (Å²) < 4.78 is 56.3. The number of fused-ring (bicyclic) bond motifs is 1. The molecule has 0 bridgehead atoms. The molecular weight excluding hydrogens is 416 g/mol. The fourth-order valence-corrected chi connectivity index (χ4v) is 3.14. The number of benzene rings is 1. The second-order valence-electron chi connectivity index (χ2n) is 6.93. The summed E-state index contributed by atoms with van der Waals surface area (Å²) in [7, 11) is 1.74. The molecule has 3 heterocycles. The van der Waals surface area contributed by atoms with Crippen LogP contribution in [0.15, 0.2) is 42.6 Å². The summed E-state index contributed by atoms with van der Waals surface area (Å²) in [6, 6.07) is 6.90. The number of carbonyl (C=O) groups is 1. The number of amides is 1. The van der Waals surface area contributed by atoms with Crippen molar-refractivity contribution >= 4 is 11.6 Å². The zero-order valence-corrected chi connectivity index (χ0v) is 16.4.